The third kappa shape index (κ3) is 4.60. The zero-order valence-corrected chi connectivity index (χ0v) is 6.92. The van der Waals surface area contributed by atoms with E-state index in [1.807, 2.05) is 6.08 Å². The lowest BCUT2D eigenvalue weighted by molar-refractivity contribution is 0.851. The molecule has 0 atom stereocenters. The minimum atomic E-state index is 1.09. The predicted molar refractivity (Wildman–Crippen MR) is 49.2 cm³/mol. The van der Waals surface area contributed by atoms with Crippen LogP contribution < -0.4 is 0 Å². The van der Waals surface area contributed by atoms with Crippen LogP contribution in [-0.2, 0) is 0 Å². The van der Waals surface area contributed by atoms with Gasteiger partial charge in [-0.05, 0) is 38.2 Å². The van der Waals surface area contributed by atoms with Crippen LogP contribution in [0.5, 0.6) is 0 Å². The minimum absolute atomic E-state index is 1.09. The van der Waals surface area contributed by atoms with Gasteiger partial charge in [0.05, 0.1) is 0 Å². The molecule has 59 valence electrons. The molecule has 0 aromatic heterocycles. The molecule has 0 aromatic carbocycles. The van der Waals surface area contributed by atoms with Crippen molar-refractivity contribution in [1.29, 1.82) is 0 Å². The monoisotopic (exact) mass is 147 g/mol. The predicted octanol–water partition coefficient (Wildman–Crippen LogP) is 3.42. The molecule has 0 unspecified atom stereocenters. The Bertz CT molecular complexity index is 161. The van der Waals surface area contributed by atoms with Crippen molar-refractivity contribution in [3.63, 3.8) is 0 Å². The second-order valence-corrected chi connectivity index (χ2v) is 2.74. The second kappa shape index (κ2) is 5.96. The Kier molecular flexibility index (Phi) is 4.51. The third-order valence-corrected chi connectivity index (χ3v) is 1.71. The van der Waals surface area contributed by atoms with Crippen molar-refractivity contribution in [1.82, 2.24) is 0 Å². The van der Waals surface area contributed by atoms with Gasteiger partial charge in [0.15, 0.2) is 0 Å². The van der Waals surface area contributed by atoms with E-state index < -0.39 is 0 Å². The zero-order chi connectivity index (χ0) is 7.78. The summed E-state index contributed by atoms with van der Waals surface area (Å²) in [7, 11) is 0. The van der Waals surface area contributed by atoms with Crippen LogP contribution in [0.4, 0.5) is 0 Å². The number of hydrogen-bond donors (Lipinski definition) is 0. The maximum atomic E-state index is 3.24. The first-order valence-electron chi connectivity index (χ1n) is 4.37. The van der Waals surface area contributed by atoms with Crippen LogP contribution in [0.2, 0.25) is 0 Å². The topological polar surface area (TPSA) is 0 Å². The third-order valence-electron chi connectivity index (χ3n) is 1.71. The molecule has 1 aliphatic rings. The summed E-state index contributed by atoms with van der Waals surface area (Å²) in [4.78, 5) is 0. The molecular formula is C11H15. The van der Waals surface area contributed by atoms with E-state index in [4.69, 9.17) is 0 Å². The van der Waals surface area contributed by atoms with Gasteiger partial charge in [0, 0.05) is 0 Å². The van der Waals surface area contributed by atoms with E-state index in [1.54, 1.807) is 0 Å². The average Bonchev–Trinajstić information content (AvgIpc) is 2.08. The van der Waals surface area contributed by atoms with E-state index in [0.29, 0.717) is 0 Å². The fourth-order valence-electron chi connectivity index (χ4n) is 1.07. The molecule has 0 saturated heterocycles. The van der Waals surface area contributed by atoms with Crippen LogP contribution in [-0.4, -0.2) is 0 Å². The van der Waals surface area contributed by atoms with E-state index >= 15 is 0 Å². The Morgan fingerprint density at radius 1 is 0.909 bits per heavy atom. The molecule has 1 rings (SSSR count). The molecule has 0 N–H and O–H groups in total. The highest BCUT2D eigenvalue weighted by atomic mass is 13.9. The summed E-state index contributed by atoms with van der Waals surface area (Å²) in [5.41, 5.74) is 0. The molecule has 0 nitrogen and oxygen atoms in total. The fraction of sp³-hybridized carbons (Fsp3) is 0.455. The highest BCUT2D eigenvalue weighted by Crippen LogP contribution is 2.01. The molecule has 1 radical (unpaired) electrons. The van der Waals surface area contributed by atoms with E-state index in [0.717, 1.165) is 12.8 Å². The highest BCUT2D eigenvalue weighted by molar-refractivity contribution is 5.00. The lowest BCUT2D eigenvalue weighted by Gasteiger charge is -1.87. The highest BCUT2D eigenvalue weighted by Gasteiger charge is 1.82. The molecule has 0 spiro atoms. The molecule has 0 aromatic rings. The van der Waals surface area contributed by atoms with Crippen molar-refractivity contribution in [2.45, 2.75) is 32.1 Å². The Hall–Kier alpha value is -0.780. The normalized spacial score (nSPS) is 28.4. The first kappa shape index (κ1) is 8.32. The van der Waals surface area contributed by atoms with Crippen molar-refractivity contribution in [2.24, 2.45) is 0 Å². The van der Waals surface area contributed by atoms with Gasteiger partial charge in [-0.1, -0.05) is 30.4 Å². The van der Waals surface area contributed by atoms with Crippen molar-refractivity contribution in [2.75, 3.05) is 0 Å². The summed E-state index contributed by atoms with van der Waals surface area (Å²) >= 11 is 0. The maximum Gasteiger partial charge on any atom is -0.0273 e. The van der Waals surface area contributed by atoms with Crippen molar-refractivity contribution in [3.05, 3.63) is 36.5 Å². The van der Waals surface area contributed by atoms with E-state index in [-0.39, 0.29) is 0 Å². The first-order chi connectivity index (χ1) is 5.50. The molecule has 0 fully saturated rings. The van der Waals surface area contributed by atoms with Gasteiger partial charge in [0.25, 0.3) is 0 Å². The minimum Gasteiger partial charge on any atom is -0.0885 e. The summed E-state index contributed by atoms with van der Waals surface area (Å²) in [6, 6.07) is 0. The lowest BCUT2D eigenvalue weighted by atomic mass is 10.2. The Labute approximate surface area is 69.3 Å². The molecular weight excluding hydrogens is 132 g/mol. The zero-order valence-electron chi connectivity index (χ0n) is 6.92. The van der Waals surface area contributed by atoms with Crippen molar-refractivity contribution >= 4 is 0 Å². The maximum absolute atomic E-state index is 3.24. The second-order valence-electron chi connectivity index (χ2n) is 2.74. The van der Waals surface area contributed by atoms with Gasteiger partial charge < -0.3 is 0 Å². The summed E-state index contributed by atoms with van der Waals surface area (Å²) in [6.45, 7) is 0. The molecule has 1 aliphatic carbocycles. The lowest BCUT2D eigenvalue weighted by Crippen LogP contribution is -1.68. The summed E-state index contributed by atoms with van der Waals surface area (Å²) in [6.07, 6.45) is 20.0. The van der Waals surface area contributed by atoms with Gasteiger partial charge in [-0.25, -0.2) is 0 Å². The van der Waals surface area contributed by atoms with E-state index in [2.05, 4.69) is 30.4 Å². The van der Waals surface area contributed by atoms with Gasteiger partial charge in [0.2, 0.25) is 0 Å². The number of allylic oxidation sites excluding steroid dienone is 6. The summed E-state index contributed by atoms with van der Waals surface area (Å²) < 4.78 is 0. The SMILES string of the molecule is [C]1=C\C=C\CC/C=C\CCC/1. The smallest absolute Gasteiger partial charge is 0.0273 e. The van der Waals surface area contributed by atoms with Crippen LogP contribution in [0.15, 0.2) is 30.4 Å². The molecule has 0 heteroatoms. The molecule has 11 heavy (non-hydrogen) atoms. The van der Waals surface area contributed by atoms with Crippen molar-refractivity contribution < 1.29 is 0 Å². The molecule has 0 bridgehead atoms. The fourth-order valence-corrected chi connectivity index (χ4v) is 1.07. The Morgan fingerprint density at radius 3 is 2.73 bits per heavy atom. The average molecular weight is 147 g/mol. The van der Waals surface area contributed by atoms with Crippen LogP contribution in [0.1, 0.15) is 32.1 Å². The molecule has 0 saturated carbocycles. The number of hydrogen-bond acceptors (Lipinski definition) is 0. The van der Waals surface area contributed by atoms with Crippen molar-refractivity contribution in [3.8, 4) is 0 Å². The molecule has 0 heterocycles. The van der Waals surface area contributed by atoms with Crippen LogP contribution >= 0.6 is 0 Å². The standard InChI is InChI=1S/C11H15/c1-2-4-6-8-10-11-9-7-5-3-1/h1-3,8,10H,4,6-7,9,11H2/b2-1+,5-3?,10-8-. The largest absolute Gasteiger partial charge is 0.0885 e. The number of rotatable bonds is 0. The van der Waals surface area contributed by atoms with Gasteiger partial charge in [0.1, 0.15) is 0 Å². The Balaban J connectivity index is 2.34. The van der Waals surface area contributed by atoms with Gasteiger partial charge in [-0.3, -0.25) is 0 Å². The van der Waals surface area contributed by atoms with E-state index in [9.17, 15) is 0 Å². The quantitative estimate of drug-likeness (QED) is 0.460. The summed E-state index contributed by atoms with van der Waals surface area (Å²) in [5.74, 6) is 0. The van der Waals surface area contributed by atoms with Crippen LogP contribution in [0.3, 0.4) is 0 Å². The van der Waals surface area contributed by atoms with Crippen LogP contribution in [0, 0.1) is 6.08 Å². The van der Waals surface area contributed by atoms with Gasteiger partial charge in [-0.15, -0.1) is 0 Å². The molecule has 0 aliphatic heterocycles. The van der Waals surface area contributed by atoms with E-state index in [1.165, 1.54) is 19.3 Å². The molecule has 0 amide bonds. The van der Waals surface area contributed by atoms with Crippen LogP contribution in [0.25, 0.3) is 0 Å². The Morgan fingerprint density at radius 2 is 1.73 bits per heavy atom. The first-order valence-corrected chi connectivity index (χ1v) is 4.37. The summed E-state index contributed by atoms with van der Waals surface area (Å²) in [5, 5.41) is 0. The van der Waals surface area contributed by atoms with Gasteiger partial charge in [-0.2, -0.15) is 0 Å². The van der Waals surface area contributed by atoms with Gasteiger partial charge >= 0.3 is 0 Å².